The highest BCUT2D eigenvalue weighted by atomic mass is 35.5. The van der Waals surface area contributed by atoms with E-state index in [2.05, 4.69) is 24.1 Å². The zero-order valence-electron chi connectivity index (χ0n) is 15.7. The van der Waals surface area contributed by atoms with Gasteiger partial charge in [0, 0.05) is 6.04 Å². The predicted octanol–water partition coefficient (Wildman–Crippen LogP) is 4.44. The first-order valence-corrected chi connectivity index (χ1v) is 9.35. The predicted molar refractivity (Wildman–Crippen MR) is 112 cm³/mol. The molecule has 0 radical (unpaired) electrons. The topological polar surface area (TPSA) is 35.5 Å². The second-order valence-corrected chi connectivity index (χ2v) is 7.30. The van der Waals surface area contributed by atoms with Crippen LogP contribution >= 0.6 is 24.8 Å². The van der Waals surface area contributed by atoms with E-state index >= 15 is 0 Å². The van der Waals surface area contributed by atoms with Crippen molar-refractivity contribution in [1.82, 2.24) is 10.2 Å². The summed E-state index contributed by atoms with van der Waals surface area (Å²) in [4.78, 5) is 2.58. The lowest BCUT2D eigenvalue weighted by Gasteiger charge is -2.28. The molecule has 1 aliphatic heterocycles. The smallest absolute Gasteiger partial charge is 0.0943 e. The first-order chi connectivity index (χ1) is 11.2. The quantitative estimate of drug-likeness (QED) is 0.611. The largest absolute Gasteiger partial charge is 0.387 e. The third-order valence-corrected chi connectivity index (χ3v) is 4.75. The molecule has 1 fully saturated rings. The Balaban J connectivity index is 0.00000288. The van der Waals surface area contributed by atoms with E-state index in [-0.39, 0.29) is 30.9 Å². The van der Waals surface area contributed by atoms with E-state index in [9.17, 15) is 5.11 Å². The van der Waals surface area contributed by atoms with Gasteiger partial charge in [0.25, 0.3) is 0 Å². The summed E-state index contributed by atoms with van der Waals surface area (Å²) in [5, 5.41) is 14.3. The van der Waals surface area contributed by atoms with Crippen molar-refractivity contribution in [1.29, 1.82) is 0 Å². The molecule has 1 saturated heterocycles. The Morgan fingerprint density at radius 2 is 1.68 bits per heavy atom. The van der Waals surface area contributed by atoms with Crippen LogP contribution in [0.2, 0.25) is 0 Å². The number of benzene rings is 1. The minimum Gasteiger partial charge on any atom is -0.387 e. The molecule has 2 N–H and O–H groups in total. The maximum Gasteiger partial charge on any atom is 0.0943 e. The Morgan fingerprint density at radius 3 is 2.28 bits per heavy atom. The summed E-state index contributed by atoms with van der Waals surface area (Å²) in [6.45, 7) is 9.14. The van der Waals surface area contributed by atoms with E-state index in [0.717, 1.165) is 24.9 Å². The Labute approximate surface area is 166 Å². The van der Waals surface area contributed by atoms with Gasteiger partial charge in [-0.25, -0.2) is 0 Å². The fourth-order valence-electron chi connectivity index (χ4n) is 3.49. The van der Waals surface area contributed by atoms with Crippen LogP contribution < -0.4 is 5.32 Å². The summed E-state index contributed by atoms with van der Waals surface area (Å²) < 4.78 is 0. The van der Waals surface area contributed by atoms with Crippen LogP contribution in [-0.4, -0.2) is 42.2 Å². The summed E-state index contributed by atoms with van der Waals surface area (Å²) in [6.07, 6.45) is 5.85. The molecule has 1 aliphatic rings. The molecule has 0 saturated carbocycles. The molecule has 1 aromatic carbocycles. The monoisotopic (exact) mass is 390 g/mol. The molecule has 0 amide bonds. The van der Waals surface area contributed by atoms with E-state index in [1.54, 1.807) is 0 Å². The summed E-state index contributed by atoms with van der Waals surface area (Å²) >= 11 is 0. The number of halogens is 2. The van der Waals surface area contributed by atoms with E-state index in [1.807, 2.05) is 30.3 Å². The van der Waals surface area contributed by atoms with Crippen molar-refractivity contribution in [3.05, 3.63) is 35.9 Å². The molecule has 0 unspecified atom stereocenters. The molecule has 2 atom stereocenters. The number of hydrogen-bond donors (Lipinski definition) is 2. The fraction of sp³-hybridized carbons (Fsp3) is 0.700. The van der Waals surface area contributed by atoms with Gasteiger partial charge in [0.1, 0.15) is 0 Å². The second kappa shape index (κ2) is 13.8. The van der Waals surface area contributed by atoms with Gasteiger partial charge in [0.15, 0.2) is 0 Å². The molecule has 0 spiro atoms. The van der Waals surface area contributed by atoms with Crippen LogP contribution in [0.25, 0.3) is 0 Å². The average molecular weight is 391 g/mol. The molecule has 1 aromatic rings. The normalized spacial score (nSPS) is 17.4. The lowest BCUT2D eigenvalue weighted by atomic mass is 9.94. The minimum absolute atomic E-state index is 0. The first kappa shape index (κ1) is 24.7. The SMILES string of the molecule is CC(C)C[C@@H](NCCCN1CCCCC1)[C@@H](O)c1ccccc1.Cl.Cl. The minimum atomic E-state index is -0.423. The van der Waals surface area contributed by atoms with Crippen molar-refractivity contribution >= 4 is 24.8 Å². The van der Waals surface area contributed by atoms with Gasteiger partial charge < -0.3 is 15.3 Å². The van der Waals surface area contributed by atoms with Gasteiger partial charge in [0.05, 0.1) is 6.10 Å². The molecule has 3 nitrogen and oxygen atoms in total. The Kier molecular flexibility index (Phi) is 13.7. The maximum atomic E-state index is 10.7. The number of piperidine rings is 1. The first-order valence-electron chi connectivity index (χ1n) is 9.35. The zero-order valence-corrected chi connectivity index (χ0v) is 17.3. The number of rotatable bonds is 9. The van der Waals surface area contributed by atoms with Crippen molar-refractivity contribution in [2.45, 2.75) is 58.1 Å². The maximum absolute atomic E-state index is 10.7. The summed E-state index contributed by atoms with van der Waals surface area (Å²) in [6, 6.07) is 10.2. The van der Waals surface area contributed by atoms with E-state index in [4.69, 9.17) is 0 Å². The van der Waals surface area contributed by atoms with Crippen LogP contribution in [0.1, 0.15) is 57.6 Å². The van der Waals surface area contributed by atoms with Crippen LogP contribution in [0, 0.1) is 5.92 Å². The van der Waals surface area contributed by atoms with Crippen LogP contribution in [0.15, 0.2) is 30.3 Å². The number of hydrogen-bond acceptors (Lipinski definition) is 3. The molecule has 1 heterocycles. The van der Waals surface area contributed by atoms with Gasteiger partial charge >= 0.3 is 0 Å². The van der Waals surface area contributed by atoms with Gasteiger partial charge in [-0.3, -0.25) is 0 Å². The molecule has 5 heteroatoms. The highest BCUT2D eigenvalue weighted by molar-refractivity contribution is 5.85. The van der Waals surface area contributed by atoms with Crippen LogP contribution in [0.4, 0.5) is 0 Å². The fourth-order valence-corrected chi connectivity index (χ4v) is 3.49. The van der Waals surface area contributed by atoms with Crippen molar-refractivity contribution in [2.24, 2.45) is 5.92 Å². The van der Waals surface area contributed by atoms with E-state index in [1.165, 1.54) is 38.9 Å². The lowest BCUT2D eigenvalue weighted by molar-refractivity contribution is 0.115. The van der Waals surface area contributed by atoms with Crippen molar-refractivity contribution in [3.63, 3.8) is 0 Å². The molecular formula is C20H36Cl2N2O. The van der Waals surface area contributed by atoms with E-state index in [0.29, 0.717) is 5.92 Å². The third-order valence-electron chi connectivity index (χ3n) is 4.75. The Morgan fingerprint density at radius 1 is 1.04 bits per heavy atom. The molecule has 0 bridgehead atoms. The lowest BCUT2D eigenvalue weighted by Crippen LogP contribution is -2.38. The third kappa shape index (κ3) is 9.25. The van der Waals surface area contributed by atoms with Gasteiger partial charge in [-0.05, 0) is 63.3 Å². The van der Waals surface area contributed by atoms with Gasteiger partial charge in [-0.15, -0.1) is 24.8 Å². The van der Waals surface area contributed by atoms with Crippen LogP contribution in [0.3, 0.4) is 0 Å². The number of aliphatic hydroxyl groups excluding tert-OH is 1. The van der Waals surface area contributed by atoms with Crippen molar-refractivity contribution < 1.29 is 5.11 Å². The highest BCUT2D eigenvalue weighted by Gasteiger charge is 2.21. The molecule has 25 heavy (non-hydrogen) atoms. The summed E-state index contributed by atoms with van der Waals surface area (Å²) in [5.74, 6) is 0.577. The molecule has 0 aliphatic carbocycles. The van der Waals surface area contributed by atoms with Crippen LogP contribution in [-0.2, 0) is 0 Å². The van der Waals surface area contributed by atoms with Crippen LogP contribution in [0.5, 0.6) is 0 Å². The summed E-state index contributed by atoms with van der Waals surface area (Å²) in [5.41, 5.74) is 1.02. The number of aliphatic hydroxyl groups is 1. The number of likely N-dealkylation sites (tertiary alicyclic amines) is 1. The van der Waals surface area contributed by atoms with Crippen molar-refractivity contribution in [2.75, 3.05) is 26.2 Å². The summed E-state index contributed by atoms with van der Waals surface area (Å²) in [7, 11) is 0. The standard InChI is InChI=1S/C20H34N2O.2ClH/c1-17(2)16-19(20(23)18-10-5-3-6-11-18)21-12-9-15-22-13-7-4-8-14-22;;/h3,5-6,10-11,17,19-21,23H,4,7-9,12-16H2,1-2H3;2*1H/t19-,20+;;/m1../s1. The molecule has 146 valence electrons. The zero-order chi connectivity index (χ0) is 16.5. The molecular weight excluding hydrogens is 355 g/mol. The van der Waals surface area contributed by atoms with Gasteiger partial charge in [0.2, 0.25) is 0 Å². The molecule has 0 aromatic heterocycles. The van der Waals surface area contributed by atoms with E-state index < -0.39 is 6.10 Å². The van der Waals surface area contributed by atoms with Gasteiger partial charge in [-0.2, -0.15) is 0 Å². The number of nitrogens with one attached hydrogen (secondary N) is 1. The Hall–Kier alpha value is -0.320. The van der Waals surface area contributed by atoms with Gasteiger partial charge in [-0.1, -0.05) is 50.6 Å². The highest BCUT2D eigenvalue weighted by Crippen LogP contribution is 2.21. The second-order valence-electron chi connectivity index (χ2n) is 7.30. The average Bonchev–Trinajstić information content (AvgIpc) is 2.58. The van der Waals surface area contributed by atoms with Crippen molar-refractivity contribution in [3.8, 4) is 0 Å². The molecule has 2 rings (SSSR count). The Bertz CT molecular complexity index is 425. The number of nitrogens with zero attached hydrogens (tertiary/aromatic N) is 1.